The molecule has 0 unspecified atom stereocenters. The van der Waals surface area contributed by atoms with Crippen LogP contribution >= 0.6 is 0 Å². The molecule has 0 saturated heterocycles. The van der Waals surface area contributed by atoms with Gasteiger partial charge in [-0.2, -0.15) is 18.3 Å². The molecule has 3 rings (SSSR count). The molecule has 0 atom stereocenters. The predicted molar refractivity (Wildman–Crippen MR) is 106 cm³/mol. The summed E-state index contributed by atoms with van der Waals surface area (Å²) in [7, 11) is 0. The Bertz CT molecular complexity index is 1050. The van der Waals surface area contributed by atoms with Crippen molar-refractivity contribution in [1.29, 1.82) is 0 Å². The lowest BCUT2D eigenvalue weighted by Gasteiger charge is -2.11. The summed E-state index contributed by atoms with van der Waals surface area (Å²) in [5.41, 5.74) is -0.287. The topological polar surface area (TPSA) is 88.0 Å². The van der Waals surface area contributed by atoms with Gasteiger partial charge in [-0.3, -0.25) is 9.48 Å². The molecule has 0 saturated carbocycles. The van der Waals surface area contributed by atoms with E-state index in [1.165, 1.54) is 23.0 Å². The van der Waals surface area contributed by atoms with E-state index in [9.17, 15) is 22.8 Å². The number of urea groups is 1. The second kappa shape index (κ2) is 8.68. The normalized spacial score (nSPS) is 11.1. The van der Waals surface area contributed by atoms with Gasteiger partial charge in [0.25, 0.3) is 5.91 Å². The molecule has 0 aliphatic rings. The third-order valence-corrected chi connectivity index (χ3v) is 4.03. The number of para-hydroxylation sites is 1. The summed E-state index contributed by atoms with van der Waals surface area (Å²) in [6, 6.07) is 12.1. The summed E-state index contributed by atoms with van der Waals surface area (Å²) < 4.78 is 40.0. The fourth-order valence-corrected chi connectivity index (χ4v) is 2.61. The van der Waals surface area contributed by atoms with E-state index in [2.05, 4.69) is 21.0 Å². The number of aromatic nitrogens is 2. The Balaban J connectivity index is 1.75. The van der Waals surface area contributed by atoms with Gasteiger partial charge < -0.3 is 16.0 Å². The maximum Gasteiger partial charge on any atom is 0.416 e. The molecular weight excluding hydrogens is 399 g/mol. The molecule has 3 aromatic rings. The maximum absolute atomic E-state index is 12.8. The summed E-state index contributed by atoms with van der Waals surface area (Å²) in [4.78, 5) is 24.9. The zero-order valence-corrected chi connectivity index (χ0v) is 15.8. The average Bonchev–Trinajstić information content (AvgIpc) is 3.11. The van der Waals surface area contributed by atoms with E-state index in [1.54, 1.807) is 37.3 Å². The molecular formula is C20H18F3N5O2. The molecule has 0 aliphatic carbocycles. The van der Waals surface area contributed by atoms with E-state index in [-0.39, 0.29) is 17.1 Å². The van der Waals surface area contributed by atoms with Crippen molar-refractivity contribution < 1.29 is 22.8 Å². The standard InChI is InChI=1S/C20H18F3N5O2/c1-2-28-12-16(17(27-28)18(29)24-14-8-4-3-5-9-14)26-19(30)25-15-10-6-7-13(11-15)20(21,22)23/h3-12H,2H2,1H3,(H,24,29)(H2,25,26,30). The van der Waals surface area contributed by atoms with Crippen molar-refractivity contribution in [2.75, 3.05) is 16.0 Å². The Hall–Kier alpha value is -3.82. The van der Waals surface area contributed by atoms with Crippen LogP contribution in [-0.2, 0) is 12.7 Å². The molecule has 0 fully saturated rings. The molecule has 0 aliphatic heterocycles. The first-order valence-electron chi connectivity index (χ1n) is 8.95. The maximum atomic E-state index is 12.8. The highest BCUT2D eigenvalue weighted by Crippen LogP contribution is 2.30. The second-order valence-corrected chi connectivity index (χ2v) is 6.22. The lowest BCUT2D eigenvalue weighted by Crippen LogP contribution is -2.22. The van der Waals surface area contributed by atoms with Gasteiger partial charge in [-0.05, 0) is 37.3 Å². The Labute approximate surface area is 169 Å². The predicted octanol–water partition coefficient (Wildman–Crippen LogP) is 4.82. The van der Waals surface area contributed by atoms with Gasteiger partial charge in [-0.25, -0.2) is 4.79 Å². The van der Waals surface area contributed by atoms with Gasteiger partial charge in [0.05, 0.1) is 11.3 Å². The Morgan fingerprint density at radius 1 is 0.967 bits per heavy atom. The van der Waals surface area contributed by atoms with Crippen LogP contribution in [0.4, 0.5) is 35.0 Å². The molecule has 0 bridgehead atoms. The molecule has 3 N–H and O–H groups in total. The average molecular weight is 417 g/mol. The number of carbonyl (C=O) groups is 2. The Morgan fingerprint density at radius 2 is 1.67 bits per heavy atom. The number of halogens is 3. The van der Waals surface area contributed by atoms with Crippen LogP contribution in [0.1, 0.15) is 23.0 Å². The van der Waals surface area contributed by atoms with Crippen molar-refractivity contribution in [3.8, 4) is 0 Å². The zero-order chi connectivity index (χ0) is 21.7. The molecule has 0 spiro atoms. The van der Waals surface area contributed by atoms with E-state index >= 15 is 0 Å². The van der Waals surface area contributed by atoms with Gasteiger partial charge in [0.15, 0.2) is 5.69 Å². The van der Waals surface area contributed by atoms with Crippen LogP contribution in [0.25, 0.3) is 0 Å². The van der Waals surface area contributed by atoms with Crippen LogP contribution in [0.3, 0.4) is 0 Å². The Morgan fingerprint density at radius 3 is 2.33 bits per heavy atom. The lowest BCUT2D eigenvalue weighted by atomic mass is 10.2. The number of nitrogens with one attached hydrogen (secondary N) is 3. The number of hydrogen-bond acceptors (Lipinski definition) is 3. The van der Waals surface area contributed by atoms with Crippen LogP contribution in [0.15, 0.2) is 60.8 Å². The van der Waals surface area contributed by atoms with Crippen molar-refractivity contribution in [1.82, 2.24) is 9.78 Å². The summed E-state index contributed by atoms with van der Waals surface area (Å²) >= 11 is 0. The van der Waals surface area contributed by atoms with E-state index in [0.29, 0.717) is 12.2 Å². The van der Waals surface area contributed by atoms with E-state index in [1.807, 2.05) is 0 Å². The summed E-state index contributed by atoms with van der Waals surface area (Å²) in [5.74, 6) is -0.539. The van der Waals surface area contributed by atoms with Gasteiger partial charge in [0.1, 0.15) is 0 Å². The van der Waals surface area contributed by atoms with Crippen molar-refractivity contribution in [3.05, 3.63) is 72.1 Å². The molecule has 0 radical (unpaired) electrons. The third-order valence-electron chi connectivity index (χ3n) is 4.03. The first-order valence-corrected chi connectivity index (χ1v) is 8.95. The highest BCUT2D eigenvalue weighted by Gasteiger charge is 2.30. The van der Waals surface area contributed by atoms with Crippen molar-refractivity contribution in [2.24, 2.45) is 0 Å². The lowest BCUT2D eigenvalue weighted by molar-refractivity contribution is -0.137. The van der Waals surface area contributed by atoms with Crippen molar-refractivity contribution >= 4 is 29.0 Å². The fraction of sp³-hybridized carbons (Fsp3) is 0.150. The van der Waals surface area contributed by atoms with Gasteiger partial charge in [-0.1, -0.05) is 24.3 Å². The van der Waals surface area contributed by atoms with Crippen LogP contribution in [-0.4, -0.2) is 21.7 Å². The molecule has 1 heterocycles. The zero-order valence-electron chi connectivity index (χ0n) is 15.8. The third kappa shape index (κ3) is 5.16. The molecule has 10 heteroatoms. The van der Waals surface area contributed by atoms with Crippen LogP contribution in [0.5, 0.6) is 0 Å². The number of amides is 3. The van der Waals surface area contributed by atoms with Crippen LogP contribution in [0.2, 0.25) is 0 Å². The number of anilines is 3. The van der Waals surface area contributed by atoms with E-state index in [0.717, 1.165) is 12.1 Å². The number of carbonyl (C=O) groups excluding carboxylic acids is 2. The molecule has 2 aromatic carbocycles. The minimum atomic E-state index is -4.53. The number of aryl methyl sites for hydroxylation is 1. The monoisotopic (exact) mass is 417 g/mol. The van der Waals surface area contributed by atoms with Crippen LogP contribution < -0.4 is 16.0 Å². The van der Waals surface area contributed by atoms with E-state index < -0.39 is 23.7 Å². The Kier molecular flexibility index (Phi) is 6.05. The number of benzene rings is 2. The number of nitrogens with zero attached hydrogens (tertiary/aromatic N) is 2. The highest BCUT2D eigenvalue weighted by molar-refractivity contribution is 6.10. The number of rotatable bonds is 5. The molecule has 7 nitrogen and oxygen atoms in total. The minimum Gasteiger partial charge on any atom is -0.321 e. The highest BCUT2D eigenvalue weighted by atomic mass is 19.4. The van der Waals surface area contributed by atoms with Crippen molar-refractivity contribution in [3.63, 3.8) is 0 Å². The quantitative estimate of drug-likeness (QED) is 0.556. The second-order valence-electron chi connectivity index (χ2n) is 6.22. The summed E-state index contributed by atoms with van der Waals surface area (Å²) in [6.07, 6.45) is -3.06. The van der Waals surface area contributed by atoms with Gasteiger partial charge >= 0.3 is 12.2 Å². The molecule has 3 amide bonds. The largest absolute Gasteiger partial charge is 0.416 e. The minimum absolute atomic E-state index is 0.0279. The van der Waals surface area contributed by atoms with Crippen molar-refractivity contribution in [2.45, 2.75) is 19.6 Å². The van der Waals surface area contributed by atoms with Gasteiger partial charge in [-0.15, -0.1) is 0 Å². The fourth-order valence-electron chi connectivity index (χ4n) is 2.61. The first-order chi connectivity index (χ1) is 14.3. The number of hydrogen-bond donors (Lipinski definition) is 3. The first kappa shape index (κ1) is 20.9. The summed E-state index contributed by atoms with van der Waals surface area (Å²) in [5, 5.41) is 11.6. The molecule has 1 aromatic heterocycles. The van der Waals surface area contributed by atoms with E-state index in [4.69, 9.17) is 0 Å². The number of alkyl halides is 3. The smallest absolute Gasteiger partial charge is 0.321 e. The molecule has 30 heavy (non-hydrogen) atoms. The van der Waals surface area contributed by atoms with Gasteiger partial charge in [0, 0.05) is 24.1 Å². The summed E-state index contributed by atoms with van der Waals surface area (Å²) in [6.45, 7) is 2.25. The van der Waals surface area contributed by atoms with Gasteiger partial charge in [0.2, 0.25) is 0 Å². The van der Waals surface area contributed by atoms with Crippen LogP contribution in [0, 0.1) is 0 Å². The molecule has 156 valence electrons. The SMILES string of the molecule is CCn1cc(NC(=O)Nc2cccc(C(F)(F)F)c2)c(C(=O)Nc2ccccc2)n1.